The lowest BCUT2D eigenvalue weighted by molar-refractivity contribution is 0.664. The summed E-state index contributed by atoms with van der Waals surface area (Å²) in [7, 11) is 0. The van der Waals surface area contributed by atoms with Gasteiger partial charge in [-0.05, 0) is 70.8 Å². The van der Waals surface area contributed by atoms with Gasteiger partial charge < -0.3 is 8.98 Å². The number of furan rings is 1. The minimum absolute atomic E-state index is 0.198. The van der Waals surface area contributed by atoms with Crippen molar-refractivity contribution in [2.45, 2.75) is 19.3 Å². The van der Waals surface area contributed by atoms with E-state index in [4.69, 9.17) is 19.4 Å². The molecule has 12 aromatic rings. The third kappa shape index (κ3) is 4.56. The van der Waals surface area contributed by atoms with Crippen LogP contribution in [-0.2, 0) is 5.41 Å². The summed E-state index contributed by atoms with van der Waals surface area (Å²) < 4.78 is 11.0. The van der Waals surface area contributed by atoms with Gasteiger partial charge in [0.1, 0.15) is 11.2 Å². The lowest BCUT2D eigenvalue weighted by atomic mass is 9.81. The normalized spacial score (nSPS) is 13.3. The van der Waals surface area contributed by atoms with E-state index in [1.165, 1.54) is 38.5 Å². The van der Waals surface area contributed by atoms with Gasteiger partial charge in [-0.3, -0.25) is 4.57 Å². The van der Waals surface area contributed by atoms with Gasteiger partial charge in [0, 0.05) is 54.5 Å². The van der Waals surface area contributed by atoms with E-state index < -0.39 is 0 Å². The molecular formula is C54H35N5O. The SMILES string of the molecule is CC1(C)c2ccccc2-c2ccc3c4ccccc4n(-c4cccc(-c5nc(-c6ccc7c(c6)oc6ccccc67)nc(-n6c7ccccc7c7ccccc76)n5)c4)c3c21. The molecule has 0 saturated carbocycles. The van der Waals surface area contributed by atoms with E-state index in [0.29, 0.717) is 17.6 Å². The first kappa shape index (κ1) is 33.2. The fourth-order valence-electron chi connectivity index (χ4n) is 10.1. The predicted octanol–water partition coefficient (Wildman–Crippen LogP) is 13.6. The van der Waals surface area contributed by atoms with Crippen LogP contribution in [-0.4, -0.2) is 24.1 Å². The minimum atomic E-state index is -0.198. The van der Waals surface area contributed by atoms with Crippen molar-refractivity contribution in [1.29, 1.82) is 0 Å². The molecule has 60 heavy (non-hydrogen) atoms. The lowest BCUT2D eigenvalue weighted by Crippen LogP contribution is -2.16. The number of hydrogen-bond donors (Lipinski definition) is 0. The predicted molar refractivity (Wildman–Crippen MR) is 244 cm³/mol. The molecule has 0 atom stereocenters. The Morgan fingerprint density at radius 1 is 0.433 bits per heavy atom. The topological polar surface area (TPSA) is 61.7 Å². The van der Waals surface area contributed by atoms with Gasteiger partial charge in [0.15, 0.2) is 11.6 Å². The van der Waals surface area contributed by atoms with Gasteiger partial charge in [-0.1, -0.05) is 141 Å². The van der Waals surface area contributed by atoms with Gasteiger partial charge in [-0.25, -0.2) is 4.98 Å². The van der Waals surface area contributed by atoms with E-state index in [-0.39, 0.29) is 5.41 Å². The molecule has 13 rings (SSSR count). The van der Waals surface area contributed by atoms with Crippen molar-refractivity contribution in [1.82, 2.24) is 24.1 Å². The Balaban J connectivity index is 1.06. The molecule has 0 unspecified atom stereocenters. The summed E-state index contributed by atoms with van der Waals surface area (Å²) in [4.78, 5) is 15.9. The molecule has 4 heterocycles. The molecule has 0 bridgehead atoms. The molecule has 1 aliphatic carbocycles. The Morgan fingerprint density at radius 2 is 1.02 bits per heavy atom. The minimum Gasteiger partial charge on any atom is -0.456 e. The molecule has 4 aromatic heterocycles. The molecule has 8 aromatic carbocycles. The van der Waals surface area contributed by atoms with Crippen LogP contribution in [0.25, 0.3) is 111 Å². The number of rotatable bonds is 4. The quantitative estimate of drug-likeness (QED) is 0.179. The maximum absolute atomic E-state index is 6.36. The van der Waals surface area contributed by atoms with Gasteiger partial charge in [0.2, 0.25) is 5.95 Å². The van der Waals surface area contributed by atoms with Gasteiger partial charge in [-0.2, -0.15) is 9.97 Å². The van der Waals surface area contributed by atoms with Gasteiger partial charge >= 0.3 is 0 Å². The molecule has 0 N–H and O–H groups in total. The van der Waals surface area contributed by atoms with Crippen molar-refractivity contribution in [3.63, 3.8) is 0 Å². The standard InChI is InChI=1S/C54H35N5O/c1-54(2)43-21-8-3-16-35(43)41-28-29-42-38-19-6-9-22-44(38)58(50(42)49(41)54)34-15-13-14-32(30-34)51-55-52(33-26-27-40-39-20-7-12-25-47(39)60-48(40)31-33)57-53(56-51)59-45-23-10-4-17-36(45)37-18-5-11-24-46(37)59/h3-31H,1-2H3. The average Bonchev–Trinajstić information content (AvgIpc) is 4.01. The number of nitrogens with zero attached hydrogens (tertiary/aromatic N) is 5. The molecule has 0 radical (unpaired) electrons. The zero-order chi connectivity index (χ0) is 39.7. The van der Waals surface area contributed by atoms with E-state index in [2.05, 4.69) is 181 Å². The largest absolute Gasteiger partial charge is 0.456 e. The fourth-order valence-corrected chi connectivity index (χ4v) is 10.1. The number of hydrogen-bond acceptors (Lipinski definition) is 4. The first-order valence-corrected chi connectivity index (χ1v) is 20.4. The van der Waals surface area contributed by atoms with Crippen molar-refractivity contribution in [2.24, 2.45) is 0 Å². The summed E-state index contributed by atoms with van der Waals surface area (Å²) >= 11 is 0. The molecule has 6 heteroatoms. The maximum atomic E-state index is 6.36. The highest BCUT2D eigenvalue weighted by Gasteiger charge is 2.38. The van der Waals surface area contributed by atoms with Crippen LogP contribution in [0.3, 0.4) is 0 Å². The second-order valence-electron chi connectivity index (χ2n) is 16.4. The smallest absolute Gasteiger partial charge is 0.238 e. The number of para-hydroxylation sites is 4. The van der Waals surface area contributed by atoms with E-state index in [0.717, 1.165) is 66.1 Å². The number of fused-ring (bicyclic) bond motifs is 13. The van der Waals surface area contributed by atoms with Crippen LogP contribution in [0.4, 0.5) is 0 Å². The molecule has 0 spiro atoms. The van der Waals surface area contributed by atoms with Crippen LogP contribution in [0.1, 0.15) is 25.0 Å². The molecule has 6 nitrogen and oxygen atoms in total. The third-order valence-corrected chi connectivity index (χ3v) is 12.8. The van der Waals surface area contributed by atoms with Crippen LogP contribution < -0.4 is 0 Å². The van der Waals surface area contributed by atoms with Crippen molar-refractivity contribution in [3.8, 4) is 45.5 Å². The summed E-state index contributed by atoms with van der Waals surface area (Å²) in [5.74, 6) is 1.71. The highest BCUT2D eigenvalue weighted by atomic mass is 16.3. The summed E-state index contributed by atoms with van der Waals surface area (Å²) in [5.41, 5.74) is 14.0. The Hall–Kier alpha value is -7.83. The van der Waals surface area contributed by atoms with E-state index in [9.17, 15) is 0 Å². The van der Waals surface area contributed by atoms with Crippen molar-refractivity contribution in [2.75, 3.05) is 0 Å². The Morgan fingerprint density at radius 3 is 1.77 bits per heavy atom. The number of aromatic nitrogens is 5. The highest BCUT2D eigenvalue weighted by molar-refractivity contribution is 6.13. The summed E-state index contributed by atoms with van der Waals surface area (Å²) in [5, 5.41) is 6.90. The molecule has 282 valence electrons. The zero-order valence-electron chi connectivity index (χ0n) is 32.9. The Bertz CT molecular complexity index is 3720. The van der Waals surface area contributed by atoms with Crippen molar-refractivity contribution in [3.05, 3.63) is 187 Å². The van der Waals surface area contributed by atoms with E-state index in [1.54, 1.807) is 0 Å². The van der Waals surface area contributed by atoms with Crippen LogP contribution in [0.5, 0.6) is 0 Å². The average molecular weight is 770 g/mol. The molecule has 0 fully saturated rings. The molecule has 0 aliphatic heterocycles. The monoisotopic (exact) mass is 769 g/mol. The van der Waals surface area contributed by atoms with Gasteiger partial charge in [0.25, 0.3) is 0 Å². The first-order chi connectivity index (χ1) is 29.5. The molecule has 0 amide bonds. The van der Waals surface area contributed by atoms with Crippen LogP contribution in [0, 0.1) is 0 Å². The van der Waals surface area contributed by atoms with Gasteiger partial charge in [0.05, 0.1) is 22.1 Å². The van der Waals surface area contributed by atoms with Gasteiger partial charge in [-0.15, -0.1) is 0 Å². The second kappa shape index (κ2) is 12.1. The summed E-state index contributed by atoms with van der Waals surface area (Å²) in [6.45, 7) is 4.72. The van der Waals surface area contributed by atoms with Crippen molar-refractivity contribution >= 4 is 65.6 Å². The summed E-state index contributed by atoms with van der Waals surface area (Å²) in [6, 6.07) is 62.3. The Kier molecular flexibility index (Phi) is 6.69. The van der Waals surface area contributed by atoms with Crippen LogP contribution in [0.15, 0.2) is 180 Å². The zero-order valence-corrected chi connectivity index (χ0v) is 32.9. The van der Waals surface area contributed by atoms with Crippen LogP contribution in [0.2, 0.25) is 0 Å². The summed E-state index contributed by atoms with van der Waals surface area (Å²) in [6.07, 6.45) is 0. The van der Waals surface area contributed by atoms with E-state index in [1.807, 2.05) is 18.2 Å². The highest BCUT2D eigenvalue weighted by Crippen LogP contribution is 2.53. The second-order valence-corrected chi connectivity index (χ2v) is 16.4. The lowest BCUT2D eigenvalue weighted by Gasteiger charge is -2.23. The molecule has 0 saturated heterocycles. The third-order valence-electron chi connectivity index (χ3n) is 12.8. The molecule has 1 aliphatic rings. The molecular weight excluding hydrogens is 735 g/mol. The van der Waals surface area contributed by atoms with Crippen LogP contribution >= 0.6 is 0 Å². The van der Waals surface area contributed by atoms with E-state index >= 15 is 0 Å². The van der Waals surface area contributed by atoms with Crippen molar-refractivity contribution < 1.29 is 4.42 Å². The maximum Gasteiger partial charge on any atom is 0.238 e. The Labute approximate surface area is 344 Å². The number of benzene rings is 8. The fraction of sp³-hybridized carbons (Fsp3) is 0.0556. The first-order valence-electron chi connectivity index (χ1n) is 20.4.